The highest BCUT2D eigenvalue weighted by Gasteiger charge is 2.36. The van der Waals surface area contributed by atoms with Crippen LogP contribution in [0.25, 0.3) is 5.69 Å². The molecule has 0 saturated heterocycles. The Bertz CT molecular complexity index is 1040. The fourth-order valence-corrected chi connectivity index (χ4v) is 3.62. The van der Waals surface area contributed by atoms with Crippen LogP contribution >= 0.6 is 15.9 Å². The summed E-state index contributed by atoms with van der Waals surface area (Å²) >= 11 is 3.36. The number of anilines is 1. The molecule has 2 heterocycles. The van der Waals surface area contributed by atoms with Crippen molar-refractivity contribution in [1.29, 1.82) is 0 Å². The Morgan fingerprint density at radius 1 is 1.19 bits per heavy atom. The van der Waals surface area contributed by atoms with Crippen LogP contribution in [0.4, 0.5) is 10.2 Å². The summed E-state index contributed by atoms with van der Waals surface area (Å²) in [5.74, 6) is -0.875. The quantitative estimate of drug-likeness (QED) is 0.630. The van der Waals surface area contributed by atoms with E-state index in [2.05, 4.69) is 26.3 Å². The number of aromatic nitrogens is 2. The Hall–Kier alpha value is -2.80. The summed E-state index contributed by atoms with van der Waals surface area (Å²) in [6.45, 7) is 1.80. The van der Waals surface area contributed by atoms with Gasteiger partial charge in [-0.2, -0.15) is 5.10 Å². The smallest absolute Gasteiger partial charge is 0.226 e. The summed E-state index contributed by atoms with van der Waals surface area (Å²) in [6, 6.07) is 12.9. The molecule has 1 aliphatic heterocycles. The topological polar surface area (TPSA) is 64.0 Å². The van der Waals surface area contributed by atoms with Gasteiger partial charge in [0.15, 0.2) is 5.78 Å². The second-order valence-electron chi connectivity index (χ2n) is 6.41. The van der Waals surface area contributed by atoms with Crippen molar-refractivity contribution >= 4 is 33.4 Å². The van der Waals surface area contributed by atoms with E-state index in [4.69, 9.17) is 0 Å². The fourth-order valence-electron chi connectivity index (χ4n) is 3.36. The maximum atomic E-state index is 13.2. The molecule has 0 fully saturated rings. The molecule has 1 aromatic heterocycles. The molecular formula is C20H15BrFN3O2. The van der Waals surface area contributed by atoms with E-state index in [1.165, 1.54) is 12.1 Å². The zero-order chi connectivity index (χ0) is 19.1. The minimum Gasteiger partial charge on any atom is -0.310 e. The number of carbonyl (C=O) groups excluding carboxylic acids is 2. The Labute approximate surface area is 163 Å². The number of amides is 1. The van der Waals surface area contributed by atoms with Crippen molar-refractivity contribution in [1.82, 2.24) is 9.78 Å². The summed E-state index contributed by atoms with van der Waals surface area (Å²) < 4.78 is 15.7. The van der Waals surface area contributed by atoms with Crippen LogP contribution < -0.4 is 5.32 Å². The first kappa shape index (κ1) is 17.6. The third kappa shape index (κ3) is 3.19. The molecule has 0 radical (unpaired) electrons. The number of rotatable bonds is 3. The average molecular weight is 428 g/mol. The second-order valence-corrected chi connectivity index (χ2v) is 7.33. The zero-order valence-electron chi connectivity index (χ0n) is 14.4. The number of halogens is 2. The first-order valence-corrected chi connectivity index (χ1v) is 9.18. The number of carbonyl (C=O) groups is 2. The van der Waals surface area contributed by atoms with E-state index in [-0.39, 0.29) is 23.9 Å². The number of nitrogens with one attached hydrogen (secondary N) is 1. The van der Waals surface area contributed by atoms with Crippen molar-refractivity contribution in [3.05, 3.63) is 75.6 Å². The van der Waals surface area contributed by atoms with E-state index in [0.29, 0.717) is 28.3 Å². The summed E-state index contributed by atoms with van der Waals surface area (Å²) in [4.78, 5) is 25.4. The zero-order valence-corrected chi connectivity index (χ0v) is 16.0. The van der Waals surface area contributed by atoms with E-state index < -0.39 is 5.92 Å². The normalized spacial score (nSPS) is 16.0. The Balaban J connectivity index is 1.80. The first-order chi connectivity index (χ1) is 12.9. The molecule has 1 unspecified atom stereocenters. The first-order valence-electron chi connectivity index (χ1n) is 8.39. The van der Waals surface area contributed by atoms with Crippen molar-refractivity contribution < 1.29 is 14.0 Å². The molecule has 1 amide bonds. The minimum atomic E-state index is -0.607. The average Bonchev–Trinajstić information content (AvgIpc) is 2.98. The lowest BCUT2D eigenvalue weighted by atomic mass is 9.85. The number of hydrogen-bond acceptors (Lipinski definition) is 3. The van der Waals surface area contributed by atoms with Gasteiger partial charge in [-0.3, -0.25) is 9.59 Å². The monoisotopic (exact) mass is 427 g/mol. The maximum Gasteiger partial charge on any atom is 0.226 e. The highest BCUT2D eigenvalue weighted by atomic mass is 79.9. The number of fused-ring (bicyclic) bond motifs is 1. The van der Waals surface area contributed by atoms with Crippen molar-refractivity contribution in [2.75, 3.05) is 5.32 Å². The summed E-state index contributed by atoms with van der Waals surface area (Å²) in [7, 11) is 0. The molecule has 0 bridgehead atoms. The number of Topliss-reactive ketones (excluding diaryl/α,β-unsaturated/α-hetero) is 1. The van der Waals surface area contributed by atoms with Crippen LogP contribution in [-0.4, -0.2) is 21.5 Å². The molecular weight excluding hydrogens is 413 g/mol. The number of hydrogen-bond donors (Lipinski definition) is 1. The van der Waals surface area contributed by atoms with E-state index in [1.54, 1.807) is 48.0 Å². The largest absolute Gasteiger partial charge is 0.310 e. The predicted octanol–water partition coefficient (Wildman–Crippen LogP) is 4.39. The molecule has 5 nitrogen and oxygen atoms in total. The van der Waals surface area contributed by atoms with Gasteiger partial charge in [0, 0.05) is 22.0 Å². The summed E-state index contributed by atoms with van der Waals surface area (Å²) in [6.07, 6.45) is 0.0673. The van der Waals surface area contributed by atoms with Crippen LogP contribution in [-0.2, 0) is 4.79 Å². The predicted molar refractivity (Wildman–Crippen MR) is 103 cm³/mol. The number of nitrogens with zero attached hydrogens (tertiary/aromatic N) is 2. The molecule has 136 valence electrons. The molecule has 1 N–H and O–H groups in total. The molecule has 2 aromatic carbocycles. The minimum absolute atomic E-state index is 0.0673. The van der Waals surface area contributed by atoms with Gasteiger partial charge in [0.25, 0.3) is 0 Å². The van der Waals surface area contributed by atoms with E-state index in [1.807, 2.05) is 0 Å². The third-order valence-electron chi connectivity index (χ3n) is 4.62. The molecule has 0 aliphatic carbocycles. The Morgan fingerprint density at radius 3 is 2.52 bits per heavy atom. The Kier molecular flexibility index (Phi) is 4.39. The van der Waals surface area contributed by atoms with Crippen LogP contribution in [0.1, 0.15) is 34.0 Å². The van der Waals surface area contributed by atoms with Crippen LogP contribution in [0, 0.1) is 12.7 Å². The lowest BCUT2D eigenvalue weighted by molar-refractivity contribution is -0.116. The second kappa shape index (κ2) is 6.74. The Morgan fingerprint density at radius 2 is 1.85 bits per heavy atom. The van der Waals surface area contributed by atoms with Crippen LogP contribution in [0.2, 0.25) is 0 Å². The van der Waals surface area contributed by atoms with Gasteiger partial charge in [0.05, 0.1) is 17.3 Å². The standard InChI is InChI=1S/C20H15BrFN3O2/c1-11-18-16(19(27)12-2-4-13(21)5-3-12)10-17(26)23-20(18)25(24-11)15-8-6-14(22)7-9-15/h2-9,16H,10H2,1H3,(H,23,26). The van der Waals surface area contributed by atoms with E-state index in [9.17, 15) is 14.0 Å². The van der Waals surface area contributed by atoms with Gasteiger partial charge < -0.3 is 5.32 Å². The lowest BCUT2D eigenvalue weighted by Gasteiger charge is -2.23. The fraction of sp³-hybridized carbons (Fsp3) is 0.150. The summed E-state index contributed by atoms with van der Waals surface area (Å²) in [5.41, 5.74) is 2.51. The van der Waals surface area contributed by atoms with Crippen molar-refractivity contribution in [2.45, 2.75) is 19.3 Å². The molecule has 27 heavy (non-hydrogen) atoms. The molecule has 1 aliphatic rings. The summed E-state index contributed by atoms with van der Waals surface area (Å²) in [5, 5.41) is 7.30. The number of ketones is 1. The van der Waals surface area contributed by atoms with Crippen molar-refractivity contribution in [3.8, 4) is 5.69 Å². The molecule has 1 atom stereocenters. The van der Waals surface area contributed by atoms with Crippen molar-refractivity contribution in [2.24, 2.45) is 0 Å². The molecule has 0 spiro atoms. The molecule has 7 heteroatoms. The highest BCUT2D eigenvalue weighted by molar-refractivity contribution is 9.10. The lowest BCUT2D eigenvalue weighted by Crippen LogP contribution is -2.28. The number of aryl methyl sites for hydroxylation is 1. The van der Waals surface area contributed by atoms with Crippen LogP contribution in [0.3, 0.4) is 0 Å². The number of benzene rings is 2. The maximum absolute atomic E-state index is 13.2. The molecule has 3 aromatic rings. The van der Waals surface area contributed by atoms with Gasteiger partial charge in [-0.05, 0) is 43.3 Å². The van der Waals surface area contributed by atoms with Crippen LogP contribution in [0.15, 0.2) is 53.0 Å². The molecule has 0 saturated carbocycles. The van der Waals surface area contributed by atoms with Gasteiger partial charge >= 0.3 is 0 Å². The van der Waals surface area contributed by atoms with Gasteiger partial charge in [-0.1, -0.05) is 28.1 Å². The van der Waals surface area contributed by atoms with Gasteiger partial charge in [-0.25, -0.2) is 9.07 Å². The van der Waals surface area contributed by atoms with Crippen LogP contribution in [0.5, 0.6) is 0 Å². The SMILES string of the molecule is Cc1nn(-c2ccc(F)cc2)c2c1C(C(=O)c1ccc(Br)cc1)CC(=O)N2. The van der Waals surface area contributed by atoms with Gasteiger partial charge in [0.2, 0.25) is 5.91 Å². The highest BCUT2D eigenvalue weighted by Crippen LogP contribution is 2.38. The van der Waals surface area contributed by atoms with E-state index >= 15 is 0 Å². The van der Waals surface area contributed by atoms with Gasteiger partial charge in [-0.15, -0.1) is 0 Å². The van der Waals surface area contributed by atoms with E-state index in [0.717, 1.165) is 4.47 Å². The third-order valence-corrected chi connectivity index (χ3v) is 5.15. The van der Waals surface area contributed by atoms with Crippen molar-refractivity contribution in [3.63, 3.8) is 0 Å². The molecule has 4 rings (SSSR count). The van der Waals surface area contributed by atoms with Gasteiger partial charge in [0.1, 0.15) is 11.6 Å².